The molecule has 1 aliphatic carbocycles. The van der Waals surface area contributed by atoms with Gasteiger partial charge in [0.2, 0.25) is 0 Å². The lowest BCUT2D eigenvalue weighted by Crippen LogP contribution is -2.07. The highest BCUT2D eigenvalue weighted by Crippen LogP contribution is 2.54. The Hall–Kier alpha value is -0.0200. The van der Waals surface area contributed by atoms with Crippen molar-refractivity contribution in [1.29, 1.82) is 0 Å². The lowest BCUT2D eigenvalue weighted by Gasteiger charge is -2.15. The van der Waals surface area contributed by atoms with Crippen molar-refractivity contribution in [3.05, 3.63) is 56.5 Å². The van der Waals surface area contributed by atoms with E-state index in [1.54, 1.807) is 0 Å². The third-order valence-corrected chi connectivity index (χ3v) is 4.73. The zero-order valence-electron chi connectivity index (χ0n) is 8.48. The summed E-state index contributed by atoms with van der Waals surface area (Å²) in [6.07, 6.45) is 0. The first-order valence-electron chi connectivity index (χ1n) is 4.98. The maximum Gasteiger partial charge on any atom is 0.169 e. The molecule has 0 unspecified atom stereocenters. The molecule has 0 spiro atoms. The molecule has 2 aromatic carbocycles. The van der Waals surface area contributed by atoms with Gasteiger partial charge in [-0.1, -0.05) is 67.2 Å². The van der Waals surface area contributed by atoms with Crippen LogP contribution in [0.15, 0.2) is 45.3 Å². The molecule has 0 saturated carbocycles. The van der Waals surface area contributed by atoms with E-state index < -0.39 is 4.33 Å². The highest BCUT2D eigenvalue weighted by Gasteiger charge is 2.40. The van der Waals surface area contributed by atoms with Crippen LogP contribution < -0.4 is 0 Å². The van der Waals surface area contributed by atoms with Gasteiger partial charge in [-0.2, -0.15) is 0 Å². The molecular formula is C13H6Br2Cl2. The first kappa shape index (κ1) is 12.0. The Morgan fingerprint density at radius 1 is 0.765 bits per heavy atom. The van der Waals surface area contributed by atoms with Crippen LogP contribution >= 0.6 is 55.1 Å². The summed E-state index contributed by atoms with van der Waals surface area (Å²) in [6.45, 7) is 0. The van der Waals surface area contributed by atoms with Crippen LogP contribution in [0.5, 0.6) is 0 Å². The van der Waals surface area contributed by atoms with Gasteiger partial charge in [-0.3, -0.25) is 0 Å². The largest absolute Gasteiger partial charge is 0.169 e. The van der Waals surface area contributed by atoms with Crippen molar-refractivity contribution in [2.75, 3.05) is 0 Å². The Kier molecular flexibility index (Phi) is 2.82. The average molecular weight is 393 g/mol. The predicted octanol–water partition coefficient (Wildman–Crippen LogP) is 5.87. The monoisotopic (exact) mass is 390 g/mol. The Morgan fingerprint density at radius 2 is 1.18 bits per heavy atom. The van der Waals surface area contributed by atoms with Crippen LogP contribution in [0, 0.1) is 0 Å². The van der Waals surface area contributed by atoms with Crippen LogP contribution in [0.2, 0.25) is 0 Å². The van der Waals surface area contributed by atoms with Gasteiger partial charge in [0.1, 0.15) is 0 Å². The van der Waals surface area contributed by atoms with E-state index in [-0.39, 0.29) is 0 Å². The lowest BCUT2D eigenvalue weighted by molar-refractivity contribution is 1.08. The van der Waals surface area contributed by atoms with Crippen LogP contribution in [0.4, 0.5) is 0 Å². The molecule has 0 saturated heterocycles. The number of hydrogen-bond acceptors (Lipinski definition) is 0. The fourth-order valence-corrected chi connectivity index (χ4v) is 3.51. The van der Waals surface area contributed by atoms with Gasteiger partial charge >= 0.3 is 0 Å². The molecule has 0 heterocycles. The zero-order chi connectivity index (χ0) is 12.2. The Morgan fingerprint density at radius 3 is 1.59 bits per heavy atom. The maximum absolute atomic E-state index is 6.50. The minimum absolute atomic E-state index is 0.934. The molecule has 1 aliphatic rings. The molecule has 0 radical (unpaired) electrons. The number of rotatable bonds is 0. The van der Waals surface area contributed by atoms with Crippen LogP contribution in [0.1, 0.15) is 11.1 Å². The van der Waals surface area contributed by atoms with Crippen molar-refractivity contribution < 1.29 is 0 Å². The molecular weight excluding hydrogens is 387 g/mol. The van der Waals surface area contributed by atoms with Crippen molar-refractivity contribution in [3.8, 4) is 11.1 Å². The summed E-state index contributed by atoms with van der Waals surface area (Å²) in [7, 11) is 0. The standard InChI is InChI=1S/C13H6Br2Cl2/c14-7-1-3-9-10-4-2-8(15)6-12(10)13(16,17)11(9)5-7/h1-6H. The van der Waals surface area contributed by atoms with Crippen molar-refractivity contribution in [2.24, 2.45) is 0 Å². The third-order valence-electron chi connectivity index (χ3n) is 2.93. The molecule has 3 rings (SSSR count). The van der Waals surface area contributed by atoms with Crippen molar-refractivity contribution >= 4 is 55.1 Å². The van der Waals surface area contributed by atoms with Crippen molar-refractivity contribution in [3.63, 3.8) is 0 Å². The molecule has 0 aliphatic heterocycles. The van der Waals surface area contributed by atoms with Crippen LogP contribution in [-0.4, -0.2) is 0 Å². The molecule has 0 fully saturated rings. The second-order valence-corrected chi connectivity index (χ2v) is 7.11. The maximum atomic E-state index is 6.50. The van der Waals surface area contributed by atoms with Gasteiger partial charge in [0.15, 0.2) is 4.33 Å². The minimum atomic E-state index is -0.974. The first-order chi connectivity index (χ1) is 8.00. The topological polar surface area (TPSA) is 0 Å². The van der Waals surface area contributed by atoms with Crippen molar-refractivity contribution in [2.45, 2.75) is 4.33 Å². The second-order valence-electron chi connectivity index (χ2n) is 3.95. The molecule has 0 amide bonds. The summed E-state index contributed by atoms with van der Waals surface area (Å²) in [6, 6.07) is 12.0. The van der Waals surface area contributed by atoms with Crippen LogP contribution in [-0.2, 0) is 4.33 Å². The van der Waals surface area contributed by atoms with Gasteiger partial charge in [-0.25, -0.2) is 0 Å². The quantitative estimate of drug-likeness (QED) is 0.492. The van der Waals surface area contributed by atoms with Gasteiger partial charge in [0.25, 0.3) is 0 Å². The van der Waals surface area contributed by atoms with E-state index in [4.69, 9.17) is 23.2 Å². The van der Waals surface area contributed by atoms with E-state index in [1.165, 1.54) is 0 Å². The second kappa shape index (κ2) is 3.99. The molecule has 0 bridgehead atoms. The van der Waals surface area contributed by atoms with E-state index in [0.717, 1.165) is 31.2 Å². The Balaban J connectivity index is 2.37. The summed E-state index contributed by atoms with van der Waals surface area (Å²) >= 11 is 19.9. The third kappa shape index (κ3) is 1.77. The molecule has 0 N–H and O–H groups in total. The number of fused-ring (bicyclic) bond motifs is 3. The van der Waals surface area contributed by atoms with E-state index in [0.29, 0.717) is 0 Å². The fraction of sp³-hybridized carbons (Fsp3) is 0.0769. The van der Waals surface area contributed by atoms with Gasteiger partial charge in [0.05, 0.1) is 0 Å². The number of alkyl halides is 2. The molecule has 4 heteroatoms. The summed E-state index contributed by atoms with van der Waals surface area (Å²) < 4.78 is 0.987. The van der Waals surface area contributed by atoms with E-state index in [9.17, 15) is 0 Å². The van der Waals surface area contributed by atoms with Gasteiger partial charge in [0, 0.05) is 20.1 Å². The predicted molar refractivity (Wildman–Crippen MR) is 79.8 cm³/mol. The molecule has 0 aromatic heterocycles. The summed E-state index contributed by atoms with van der Waals surface area (Å²) in [5.74, 6) is 0. The highest BCUT2D eigenvalue weighted by molar-refractivity contribution is 9.10. The highest BCUT2D eigenvalue weighted by atomic mass is 79.9. The summed E-state index contributed by atoms with van der Waals surface area (Å²) in [5.41, 5.74) is 4.06. The average Bonchev–Trinajstić information content (AvgIpc) is 2.49. The molecule has 2 aromatic rings. The molecule has 17 heavy (non-hydrogen) atoms. The van der Waals surface area contributed by atoms with E-state index >= 15 is 0 Å². The Bertz CT molecular complexity index is 567. The van der Waals surface area contributed by atoms with Gasteiger partial charge < -0.3 is 0 Å². The number of halogens is 4. The Labute approximate surface area is 126 Å². The van der Waals surface area contributed by atoms with E-state index in [2.05, 4.69) is 31.9 Å². The normalized spacial score (nSPS) is 15.5. The van der Waals surface area contributed by atoms with Gasteiger partial charge in [-0.15, -0.1) is 0 Å². The summed E-state index contributed by atoms with van der Waals surface area (Å²) in [4.78, 5) is 0. The van der Waals surface area contributed by atoms with E-state index in [1.807, 2.05) is 36.4 Å². The SMILES string of the molecule is ClC1(Cl)c2cc(Br)ccc2-c2ccc(Br)cc21. The number of benzene rings is 2. The minimum Gasteiger partial charge on any atom is -0.0909 e. The summed E-state index contributed by atoms with van der Waals surface area (Å²) in [5, 5.41) is 0. The smallest absolute Gasteiger partial charge is 0.0909 e. The zero-order valence-corrected chi connectivity index (χ0v) is 13.2. The van der Waals surface area contributed by atoms with Crippen LogP contribution in [0.25, 0.3) is 11.1 Å². The first-order valence-corrected chi connectivity index (χ1v) is 7.32. The molecule has 0 nitrogen and oxygen atoms in total. The van der Waals surface area contributed by atoms with Gasteiger partial charge in [-0.05, 0) is 35.4 Å². The van der Waals surface area contributed by atoms with Crippen molar-refractivity contribution in [1.82, 2.24) is 0 Å². The fourth-order valence-electron chi connectivity index (χ4n) is 2.17. The lowest BCUT2D eigenvalue weighted by atomic mass is 10.1. The molecule has 86 valence electrons. The number of hydrogen-bond donors (Lipinski definition) is 0. The molecule has 0 atom stereocenters. The van der Waals surface area contributed by atoms with Crippen LogP contribution in [0.3, 0.4) is 0 Å².